The molecule has 1 aromatic carbocycles. The number of carbonyl (C=O) groups excluding carboxylic acids is 1. The van der Waals surface area contributed by atoms with Gasteiger partial charge in [0.05, 0.1) is 0 Å². The highest BCUT2D eigenvalue weighted by molar-refractivity contribution is 5.94. The fraction of sp³-hybridized carbons (Fsp3) is 0.364. The van der Waals surface area contributed by atoms with Gasteiger partial charge in [-0.3, -0.25) is 4.79 Å². The second kappa shape index (κ2) is 5.32. The minimum atomic E-state index is -4.36. The van der Waals surface area contributed by atoms with Crippen molar-refractivity contribution in [2.24, 2.45) is 0 Å². The Morgan fingerprint density at radius 1 is 1.39 bits per heavy atom. The number of hydrogen-bond acceptors (Lipinski definition) is 2. The number of rotatable bonds is 5. The van der Waals surface area contributed by atoms with E-state index in [-0.39, 0.29) is 5.56 Å². The Kier molecular flexibility index (Phi) is 4.26. The molecule has 1 rings (SSSR count). The van der Waals surface area contributed by atoms with Crippen molar-refractivity contribution >= 4 is 5.78 Å². The molecular weight excluding hydrogens is 259 g/mol. The number of alkyl halides is 4. The van der Waals surface area contributed by atoms with Crippen LogP contribution in [0.25, 0.3) is 0 Å². The van der Waals surface area contributed by atoms with E-state index in [1.807, 2.05) is 0 Å². The van der Waals surface area contributed by atoms with E-state index < -0.39 is 36.3 Å². The zero-order valence-electron chi connectivity index (χ0n) is 9.22. The Bertz CT molecular complexity index is 445. The molecule has 0 fully saturated rings. The zero-order chi connectivity index (χ0) is 13.9. The highest BCUT2D eigenvalue weighted by atomic mass is 19.3. The zero-order valence-corrected chi connectivity index (χ0v) is 9.22. The van der Waals surface area contributed by atoms with Crippen LogP contribution in [0.2, 0.25) is 0 Å². The number of halogens is 5. The molecule has 0 amide bonds. The molecule has 18 heavy (non-hydrogen) atoms. The van der Waals surface area contributed by atoms with Crippen molar-refractivity contribution in [3.8, 4) is 5.75 Å². The average Bonchev–Trinajstić information content (AvgIpc) is 2.26. The maximum Gasteiger partial charge on any atom is 0.340 e. The summed E-state index contributed by atoms with van der Waals surface area (Å²) in [4.78, 5) is 10.9. The lowest BCUT2D eigenvalue weighted by atomic mass is 10.1. The summed E-state index contributed by atoms with van der Waals surface area (Å²) in [5, 5.41) is 0. The topological polar surface area (TPSA) is 26.3 Å². The molecule has 2 nitrogen and oxygen atoms in total. The van der Waals surface area contributed by atoms with Crippen molar-refractivity contribution in [1.29, 1.82) is 0 Å². The molecule has 0 aliphatic carbocycles. The third-order valence-corrected chi connectivity index (χ3v) is 2.08. The minimum absolute atomic E-state index is 0.0282. The SMILES string of the molecule is CC(=O)c1ccc(OCC(F)(F)C(F)F)c(F)c1. The van der Waals surface area contributed by atoms with Crippen LogP contribution in [0.15, 0.2) is 18.2 Å². The lowest BCUT2D eigenvalue weighted by Gasteiger charge is -2.16. The van der Waals surface area contributed by atoms with Crippen LogP contribution in [0, 0.1) is 5.82 Å². The van der Waals surface area contributed by atoms with Crippen LogP contribution in [0.5, 0.6) is 5.75 Å². The molecular formula is C11H9F5O2. The van der Waals surface area contributed by atoms with Gasteiger partial charge in [0, 0.05) is 5.56 Å². The average molecular weight is 268 g/mol. The van der Waals surface area contributed by atoms with Crippen LogP contribution in [0.3, 0.4) is 0 Å². The first-order valence-corrected chi connectivity index (χ1v) is 4.83. The van der Waals surface area contributed by atoms with E-state index in [9.17, 15) is 26.7 Å². The summed E-state index contributed by atoms with van der Waals surface area (Å²) >= 11 is 0. The maximum absolute atomic E-state index is 13.3. The smallest absolute Gasteiger partial charge is 0.340 e. The first-order valence-electron chi connectivity index (χ1n) is 4.83. The lowest BCUT2D eigenvalue weighted by molar-refractivity contribution is -0.148. The summed E-state index contributed by atoms with van der Waals surface area (Å²) < 4.78 is 66.2. The second-order valence-electron chi connectivity index (χ2n) is 3.55. The molecule has 0 aliphatic heterocycles. The van der Waals surface area contributed by atoms with E-state index in [0.29, 0.717) is 0 Å². The fourth-order valence-electron chi connectivity index (χ4n) is 1.07. The van der Waals surface area contributed by atoms with E-state index in [0.717, 1.165) is 18.2 Å². The van der Waals surface area contributed by atoms with Crippen molar-refractivity contribution in [3.63, 3.8) is 0 Å². The molecule has 0 heterocycles. The van der Waals surface area contributed by atoms with E-state index in [4.69, 9.17) is 0 Å². The van der Waals surface area contributed by atoms with Gasteiger partial charge < -0.3 is 4.74 Å². The van der Waals surface area contributed by atoms with Crippen molar-refractivity contribution in [2.75, 3.05) is 6.61 Å². The molecule has 100 valence electrons. The van der Waals surface area contributed by atoms with Crippen molar-refractivity contribution in [2.45, 2.75) is 19.3 Å². The molecule has 1 aromatic rings. The van der Waals surface area contributed by atoms with E-state index in [1.165, 1.54) is 6.92 Å². The molecule has 0 saturated heterocycles. The Balaban J connectivity index is 2.78. The number of ketones is 1. The van der Waals surface area contributed by atoms with Gasteiger partial charge in [-0.1, -0.05) is 0 Å². The standard InChI is InChI=1S/C11H9F5O2/c1-6(17)7-2-3-9(8(12)4-7)18-5-11(15,16)10(13)14/h2-4,10H,5H2,1H3. The first-order chi connectivity index (χ1) is 8.24. The number of ether oxygens (including phenoxy) is 1. The van der Waals surface area contributed by atoms with Gasteiger partial charge in [-0.15, -0.1) is 0 Å². The summed E-state index contributed by atoms with van der Waals surface area (Å²) in [5.41, 5.74) is 0.0282. The highest BCUT2D eigenvalue weighted by Crippen LogP contribution is 2.26. The van der Waals surface area contributed by atoms with Gasteiger partial charge in [-0.05, 0) is 25.1 Å². The summed E-state index contributed by atoms with van der Waals surface area (Å²) in [7, 11) is 0. The quantitative estimate of drug-likeness (QED) is 0.605. The van der Waals surface area contributed by atoms with Gasteiger partial charge in [-0.2, -0.15) is 8.78 Å². The third-order valence-electron chi connectivity index (χ3n) is 2.08. The predicted molar refractivity (Wildman–Crippen MR) is 52.9 cm³/mol. The van der Waals surface area contributed by atoms with Gasteiger partial charge in [0.25, 0.3) is 0 Å². The Morgan fingerprint density at radius 2 is 2.00 bits per heavy atom. The normalized spacial score (nSPS) is 11.7. The summed E-state index contributed by atoms with van der Waals surface area (Å²) in [6.45, 7) is -0.443. The van der Waals surface area contributed by atoms with Crippen LogP contribution in [0.1, 0.15) is 17.3 Å². The Labute approximate surface area is 99.4 Å². The van der Waals surface area contributed by atoms with E-state index >= 15 is 0 Å². The van der Waals surface area contributed by atoms with E-state index in [1.54, 1.807) is 0 Å². The molecule has 0 aromatic heterocycles. The number of Topliss-reactive ketones (excluding diaryl/α,β-unsaturated/α-hetero) is 1. The van der Waals surface area contributed by atoms with E-state index in [2.05, 4.69) is 4.74 Å². The van der Waals surface area contributed by atoms with Crippen LogP contribution in [-0.2, 0) is 0 Å². The summed E-state index contributed by atoms with van der Waals surface area (Å²) in [6, 6.07) is 2.88. The molecule has 0 saturated carbocycles. The number of hydrogen-bond donors (Lipinski definition) is 0. The minimum Gasteiger partial charge on any atom is -0.484 e. The molecule has 0 unspecified atom stereocenters. The largest absolute Gasteiger partial charge is 0.484 e. The third kappa shape index (κ3) is 3.41. The molecule has 0 spiro atoms. The van der Waals surface area contributed by atoms with Crippen molar-refractivity contribution in [3.05, 3.63) is 29.6 Å². The first kappa shape index (κ1) is 14.4. The monoisotopic (exact) mass is 268 g/mol. The molecule has 7 heteroatoms. The Morgan fingerprint density at radius 3 is 2.44 bits per heavy atom. The van der Waals surface area contributed by atoms with Gasteiger partial charge in [-0.25, -0.2) is 13.2 Å². The van der Waals surface area contributed by atoms with Crippen LogP contribution in [-0.4, -0.2) is 24.7 Å². The highest BCUT2D eigenvalue weighted by Gasteiger charge is 2.41. The van der Waals surface area contributed by atoms with Gasteiger partial charge >= 0.3 is 12.3 Å². The van der Waals surface area contributed by atoms with Gasteiger partial charge in [0.15, 0.2) is 24.0 Å². The molecule has 0 aliphatic rings. The maximum atomic E-state index is 13.3. The second-order valence-corrected chi connectivity index (χ2v) is 3.55. The number of benzene rings is 1. The molecule has 0 bridgehead atoms. The van der Waals surface area contributed by atoms with Crippen LogP contribution >= 0.6 is 0 Å². The van der Waals surface area contributed by atoms with Gasteiger partial charge in [0.2, 0.25) is 0 Å². The molecule has 0 radical (unpaired) electrons. The van der Waals surface area contributed by atoms with Crippen LogP contribution in [0.4, 0.5) is 22.0 Å². The van der Waals surface area contributed by atoms with Crippen molar-refractivity contribution in [1.82, 2.24) is 0 Å². The fourth-order valence-corrected chi connectivity index (χ4v) is 1.07. The molecule has 0 N–H and O–H groups in total. The predicted octanol–water partition coefficient (Wildman–Crippen LogP) is 3.31. The summed E-state index contributed by atoms with van der Waals surface area (Å²) in [6.07, 6.45) is -3.89. The molecule has 0 atom stereocenters. The summed E-state index contributed by atoms with van der Waals surface area (Å²) in [5.74, 6) is -6.45. The van der Waals surface area contributed by atoms with Crippen LogP contribution < -0.4 is 4.74 Å². The number of carbonyl (C=O) groups is 1. The lowest BCUT2D eigenvalue weighted by Crippen LogP contribution is -2.33. The Hall–Kier alpha value is -1.66. The van der Waals surface area contributed by atoms with Gasteiger partial charge in [0.1, 0.15) is 0 Å². The van der Waals surface area contributed by atoms with Crippen molar-refractivity contribution < 1.29 is 31.5 Å².